The van der Waals surface area contributed by atoms with Crippen LogP contribution in [-0.4, -0.2) is 62.8 Å². The SMILES string of the molecule is O=C(c1nnn(-c2cccc(F)c2)c1C(F)(F)F)N1CCN(C(=O)C2CCC2)CC1. The lowest BCUT2D eigenvalue weighted by atomic mass is 9.84. The summed E-state index contributed by atoms with van der Waals surface area (Å²) in [6, 6.07) is 4.45. The number of amides is 2. The second-order valence-corrected chi connectivity index (χ2v) is 7.42. The summed E-state index contributed by atoms with van der Waals surface area (Å²) in [4.78, 5) is 28.0. The van der Waals surface area contributed by atoms with E-state index in [9.17, 15) is 27.2 Å². The average molecular weight is 425 g/mol. The highest BCUT2D eigenvalue weighted by Gasteiger charge is 2.43. The van der Waals surface area contributed by atoms with Crippen LogP contribution >= 0.6 is 0 Å². The van der Waals surface area contributed by atoms with E-state index in [0.29, 0.717) is 4.68 Å². The Morgan fingerprint density at radius 3 is 2.27 bits per heavy atom. The summed E-state index contributed by atoms with van der Waals surface area (Å²) in [7, 11) is 0. The minimum absolute atomic E-state index is 0.0234. The van der Waals surface area contributed by atoms with E-state index >= 15 is 0 Å². The Hall–Kier alpha value is -2.98. The van der Waals surface area contributed by atoms with Gasteiger partial charge in [0.15, 0.2) is 11.4 Å². The molecule has 0 radical (unpaired) electrons. The highest BCUT2D eigenvalue weighted by Crippen LogP contribution is 2.33. The third-order valence-corrected chi connectivity index (χ3v) is 5.53. The van der Waals surface area contributed by atoms with Gasteiger partial charge >= 0.3 is 6.18 Å². The summed E-state index contributed by atoms with van der Waals surface area (Å²) in [6.45, 7) is 0.754. The second-order valence-electron chi connectivity index (χ2n) is 7.42. The molecule has 2 amide bonds. The molecule has 0 atom stereocenters. The zero-order valence-electron chi connectivity index (χ0n) is 15.9. The molecule has 0 bridgehead atoms. The van der Waals surface area contributed by atoms with Crippen LogP contribution in [0.25, 0.3) is 5.69 Å². The van der Waals surface area contributed by atoms with Crippen molar-refractivity contribution in [2.24, 2.45) is 5.92 Å². The molecule has 4 rings (SSSR count). The molecule has 1 aliphatic heterocycles. The van der Waals surface area contributed by atoms with Gasteiger partial charge in [-0.3, -0.25) is 9.59 Å². The summed E-state index contributed by atoms with van der Waals surface area (Å²) in [6.07, 6.45) is -2.19. The van der Waals surface area contributed by atoms with E-state index in [1.165, 1.54) is 17.0 Å². The molecule has 1 aromatic heterocycles. The highest BCUT2D eigenvalue weighted by atomic mass is 19.4. The van der Waals surface area contributed by atoms with Gasteiger partial charge in [-0.1, -0.05) is 17.7 Å². The molecule has 0 spiro atoms. The normalized spacial score (nSPS) is 17.7. The minimum atomic E-state index is -4.93. The van der Waals surface area contributed by atoms with Crippen molar-refractivity contribution in [2.75, 3.05) is 26.2 Å². The first-order valence-electron chi connectivity index (χ1n) is 9.62. The summed E-state index contributed by atoms with van der Waals surface area (Å²) in [5.74, 6) is -1.59. The van der Waals surface area contributed by atoms with Crippen molar-refractivity contribution < 1.29 is 27.2 Å². The molecule has 0 unspecified atom stereocenters. The van der Waals surface area contributed by atoms with Gasteiger partial charge in [0.05, 0.1) is 5.69 Å². The number of nitrogens with zero attached hydrogens (tertiary/aromatic N) is 5. The smallest absolute Gasteiger partial charge is 0.339 e. The summed E-state index contributed by atoms with van der Waals surface area (Å²) in [5, 5.41) is 6.93. The van der Waals surface area contributed by atoms with Crippen molar-refractivity contribution in [3.8, 4) is 5.69 Å². The zero-order valence-corrected chi connectivity index (χ0v) is 15.9. The number of hydrogen-bond acceptors (Lipinski definition) is 4. The maximum atomic E-state index is 13.7. The second kappa shape index (κ2) is 7.69. The molecule has 11 heteroatoms. The number of carbonyl (C=O) groups excluding carboxylic acids is 2. The summed E-state index contributed by atoms with van der Waals surface area (Å²) >= 11 is 0. The molecule has 1 aliphatic carbocycles. The van der Waals surface area contributed by atoms with E-state index in [1.54, 1.807) is 4.90 Å². The molecule has 1 aromatic carbocycles. The van der Waals surface area contributed by atoms with Crippen LogP contribution in [0.1, 0.15) is 35.4 Å². The Morgan fingerprint density at radius 2 is 1.70 bits per heavy atom. The fourth-order valence-corrected chi connectivity index (χ4v) is 3.66. The van der Waals surface area contributed by atoms with E-state index in [-0.39, 0.29) is 43.7 Å². The first-order chi connectivity index (χ1) is 14.3. The number of carbonyl (C=O) groups is 2. The molecule has 2 fully saturated rings. The number of alkyl halides is 3. The van der Waals surface area contributed by atoms with E-state index in [4.69, 9.17) is 0 Å². The van der Waals surface area contributed by atoms with Crippen molar-refractivity contribution >= 4 is 11.8 Å². The molecule has 7 nitrogen and oxygen atoms in total. The summed E-state index contributed by atoms with van der Waals surface area (Å²) < 4.78 is 55.1. The van der Waals surface area contributed by atoms with Gasteiger partial charge in [-0.25, -0.2) is 9.07 Å². The van der Waals surface area contributed by atoms with Crippen molar-refractivity contribution in [2.45, 2.75) is 25.4 Å². The number of hydrogen-bond donors (Lipinski definition) is 0. The lowest BCUT2D eigenvalue weighted by molar-refractivity contribution is -0.143. The van der Waals surface area contributed by atoms with Gasteiger partial charge in [-0.05, 0) is 31.0 Å². The molecule has 160 valence electrons. The van der Waals surface area contributed by atoms with Crippen LogP contribution in [0.2, 0.25) is 0 Å². The predicted octanol–water partition coefficient (Wildman–Crippen LogP) is 2.51. The number of piperazine rings is 1. The van der Waals surface area contributed by atoms with E-state index in [1.807, 2.05) is 0 Å². The fraction of sp³-hybridized carbons (Fsp3) is 0.474. The highest BCUT2D eigenvalue weighted by molar-refractivity contribution is 5.94. The Morgan fingerprint density at radius 1 is 1.03 bits per heavy atom. The van der Waals surface area contributed by atoms with E-state index in [2.05, 4.69) is 10.3 Å². The Labute approximate surface area is 169 Å². The van der Waals surface area contributed by atoms with Gasteiger partial charge in [0.2, 0.25) is 5.91 Å². The van der Waals surface area contributed by atoms with Crippen LogP contribution in [0.5, 0.6) is 0 Å². The van der Waals surface area contributed by atoms with Crippen molar-refractivity contribution in [3.05, 3.63) is 41.5 Å². The average Bonchev–Trinajstić information content (AvgIpc) is 3.12. The fourth-order valence-electron chi connectivity index (χ4n) is 3.66. The van der Waals surface area contributed by atoms with Crippen molar-refractivity contribution in [1.29, 1.82) is 0 Å². The molecule has 2 aromatic rings. The molecule has 1 saturated heterocycles. The number of halogens is 4. The van der Waals surface area contributed by atoms with Gasteiger partial charge in [0.25, 0.3) is 5.91 Å². The van der Waals surface area contributed by atoms with Crippen molar-refractivity contribution in [1.82, 2.24) is 24.8 Å². The van der Waals surface area contributed by atoms with Crippen LogP contribution < -0.4 is 0 Å². The van der Waals surface area contributed by atoms with Gasteiger partial charge in [-0.2, -0.15) is 13.2 Å². The standard InChI is InChI=1S/C19H19F4N5O2/c20-13-5-2-6-14(11-13)28-16(19(21,22)23)15(24-25-28)18(30)27-9-7-26(8-10-27)17(29)12-3-1-4-12/h2,5-6,11-12H,1,3-4,7-10H2. The zero-order chi connectivity index (χ0) is 21.5. The maximum absolute atomic E-state index is 13.7. The molecule has 1 saturated carbocycles. The first-order valence-corrected chi connectivity index (χ1v) is 9.62. The molecule has 30 heavy (non-hydrogen) atoms. The topological polar surface area (TPSA) is 71.3 Å². The molecular formula is C19H19F4N5O2. The monoisotopic (exact) mass is 425 g/mol. The number of rotatable bonds is 3. The summed E-state index contributed by atoms with van der Waals surface area (Å²) in [5.41, 5.74) is -2.39. The Kier molecular flexibility index (Phi) is 5.20. The van der Waals surface area contributed by atoms with Crippen molar-refractivity contribution in [3.63, 3.8) is 0 Å². The molecule has 2 heterocycles. The van der Waals surface area contributed by atoms with E-state index < -0.39 is 29.3 Å². The quantitative estimate of drug-likeness (QED) is 0.709. The Bertz CT molecular complexity index is 962. The molecule has 0 N–H and O–H groups in total. The third kappa shape index (κ3) is 3.75. The number of benzene rings is 1. The minimum Gasteiger partial charge on any atom is -0.339 e. The van der Waals surface area contributed by atoms with Crippen LogP contribution in [0, 0.1) is 11.7 Å². The third-order valence-electron chi connectivity index (χ3n) is 5.53. The molecule has 2 aliphatic rings. The van der Waals surface area contributed by atoms with E-state index in [0.717, 1.165) is 31.4 Å². The van der Waals surface area contributed by atoms with Gasteiger partial charge in [0.1, 0.15) is 5.82 Å². The van der Waals surface area contributed by atoms with Crippen LogP contribution in [0.15, 0.2) is 24.3 Å². The maximum Gasteiger partial charge on any atom is 0.435 e. The van der Waals surface area contributed by atoms with Gasteiger partial charge < -0.3 is 9.80 Å². The van der Waals surface area contributed by atoms with Crippen LogP contribution in [0.4, 0.5) is 17.6 Å². The lowest BCUT2D eigenvalue weighted by Crippen LogP contribution is -2.52. The molecular weight excluding hydrogens is 406 g/mol. The largest absolute Gasteiger partial charge is 0.435 e. The van der Waals surface area contributed by atoms with Gasteiger partial charge in [-0.15, -0.1) is 5.10 Å². The number of aromatic nitrogens is 3. The Balaban J connectivity index is 1.55. The lowest BCUT2D eigenvalue weighted by Gasteiger charge is -2.38. The predicted molar refractivity (Wildman–Crippen MR) is 96.1 cm³/mol. The van der Waals surface area contributed by atoms with Crippen LogP contribution in [0.3, 0.4) is 0 Å². The van der Waals surface area contributed by atoms with Crippen LogP contribution in [-0.2, 0) is 11.0 Å². The van der Waals surface area contributed by atoms with Gasteiger partial charge in [0, 0.05) is 32.1 Å². The first kappa shape index (κ1) is 20.3.